The number of carbonyl (C=O) groups is 2. The summed E-state index contributed by atoms with van der Waals surface area (Å²) in [5.74, 6) is 0.0991. The number of hydrogen-bond acceptors (Lipinski definition) is 6. The average Bonchev–Trinajstić information content (AvgIpc) is 3.38. The van der Waals surface area contributed by atoms with Crippen molar-refractivity contribution in [1.29, 1.82) is 0 Å². The molecule has 1 fully saturated rings. The number of amides is 2. The molecular formula is C29H38N6O3. The predicted molar refractivity (Wildman–Crippen MR) is 151 cm³/mol. The van der Waals surface area contributed by atoms with Gasteiger partial charge in [0.2, 0.25) is 11.8 Å². The molecule has 3 heterocycles. The molecule has 1 saturated heterocycles. The summed E-state index contributed by atoms with van der Waals surface area (Å²) < 4.78 is 1.77. The molecule has 4 rings (SSSR count). The van der Waals surface area contributed by atoms with E-state index in [1.54, 1.807) is 16.7 Å². The van der Waals surface area contributed by atoms with Crippen LogP contribution in [0.15, 0.2) is 41.2 Å². The molecular weight excluding hydrogens is 480 g/mol. The van der Waals surface area contributed by atoms with Crippen molar-refractivity contribution < 1.29 is 9.59 Å². The molecule has 1 aromatic carbocycles. The van der Waals surface area contributed by atoms with Crippen LogP contribution < -0.4 is 16.5 Å². The lowest BCUT2D eigenvalue weighted by molar-refractivity contribution is -0.129. The van der Waals surface area contributed by atoms with Crippen molar-refractivity contribution in [2.75, 3.05) is 39.5 Å². The molecule has 3 aromatic rings. The van der Waals surface area contributed by atoms with Gasteiger partial charge >= 0.3 is 0 Å². The summed E-state index contributed by atoms with van der Waals surface area (Å²) in [4.78, 5) is 47.0. The van der Waals surface area contributed by atoms with Crippen LogP contribution in [-0.4, -0.2) is 70.9 Å². The largest absolute Gasteiger partial charge is 0.385 e. The van der Waals surface area contributed by atoms with Gasteiger partial charge in [0.1, 0.15) is 11.5 Å². The lowest BCUT2D eigenvalue weighted by atomic mass is 10.0. The Labute approximate surface area is 223 Å². The fourth-order valence-corrected chi connectivity index (χ4v) is 5.33. The number of likely N-dealkylation sites (tertiary alicyclic amines) is 1. The standard InChI is InChI=1S/C29H38N6O3/c1-5-34-15-7-8-21(34)18-33(4)26(37)16-19-9-11-20(12-10-19)24-14-13-22-27(38)23(17-25(36)31-3)28(30)35(6-2)29(22)32-24/h9-14,21H,5-8,15-18,30H2,1-4H3,(H,31,36). The van der Waals surface area contributed by atoms with E-state index in [2.05, 4.69) is 17.1 Å². The van der Waals surface area contributed by atoms with Gasteiger partial charge in [-0.2, -0.15) is 0 Å². The third-order valence-electron chi connectivity index (χ3n) is 7.60. The fraction of sp³-hybridized carbons (Fsp3) is 0.448. The number of aromatic nitrogens is 2. The molecule has 1 aliphatic heterocycles. The second kappa shape index (κ2) is 11.8. The molecule has 9 nitrogen and oxygen atoms in total. The molecule has 3 N–H and O–H groups in total. The summed E-state index contributed by atoms with van der Waals surface area (Å²) in [5.41, 5.74) is 9.33. The third-order valence-corrected chi connectivity index (χ3v) is 7.60. The summed E-state index contributed by atoms with van der Waals surface area (Å²) in [6.45, 7) is 7.51. The Kier molecular flexibility index (Phi) is 8.46. The normalized spacial score (nSPS) is 15.6. The van der Waals surface area contributed by atoms with E-state index in [1.165, 1.54) is 13.5 Å². The van der Waals surface area contributed by atoms with Crippen LogP contribution in [0.1, 0.15) is 37.8 Å². The first-order chi connectivity index (χ1) is 18.3. The summed E-state index contributed by atoms with van der Waals surface area (Å²) in [5, 5.41) is 2.97. The first-order valence-corrected chi connectivity index (χ1v) is 13.4. The van der Waals surface area contributed by atoms with E-state index in [-0.39, 0.29) is 35.0 Å². The molecule has 2 aromatic heterocycles. The van der Waals surface area contributed by atoms with E-state index in [4.69, 9.17) is 10.7 Å². The van der Waals surface area contributed by atoms with Crippen LogP contribution in [0.5, 0.6) is 0 Å². The first kappa shape index (κ1) is 27.3. The van der Waals surface area contributed by atoms with Gasteiger partial charge in [-0.1, -0.05) is 31.2 Å². The Morgan fingerprint density at radius 2 is 1.84 bits per heavy atom. The zero-order valence-electron chi connectivity index (χ0n) is 22.8. The van der Waals surface area contributed by atoms with Crippen LogP contribution in [-0.2, 0) is 29.0 Å². The molecule has 1 atom stereocenters. The highest BCUT2D eigenvalue weighted by Gasteiger charge is 2.25. The van der Waals surface area contributed by atoms with Crippen LogP contribution in [0.4, 0.5) is 5.82 Å². The van der Waals surface area contributed by atoms with Crippen molar-refractivity contribution in [2.45, 2.75) is 52.1 Å². The number of benzene rings is 1. The van der Waals surface area contributed by atoms with Crippen LogP contribution in [0.3, 0.4) is 0 Å². The summed E-state index contributed by atoms with van der Waals surface area (Å²) in [6.07, 6.45) is 2.61. The maximum Gasteiger partial charge on any atom is 0.226 e. The Hall–Kier alpha value is -3.72. The monoisotopic (exact) mass is 518 g/mol. The number of nitrogens with one attached hydrogen (secondary N) is 1. The van der Waals surface area contributed by atoms with E-state index in [0.29, 0.717) is 35.7 Å². The molecule has 0 saturated carbocycles. The molecule has 38 heavy (non-hydrogen) atoms. The van der Waals surface area contributed by atoms with Gasteiger partial charge in [-0.25, -0.2) is 4.98 Å². The predicted octanol–water partition coefficient (Wildman–Crippen LogP) is 2.44. The number of carbonyl (C=O) groups excluding carboxylic acids is 2. The van der Waals surface area contributed by atoms with Crippen molar-refractivity contribution in [3.63, 3.8) is 0 Å². The molecule has 0 spiro atoms. The number of hydrogen-bond donors (Lipinski definition) is 2. The first-order valence-electron chi connectivity index (χ1n) is 13.4. The SMILES string of the molecule is CCN1CCCC1CN(C)C(=O)Cc1ccc(-c2ccc3c(=O)c(CC(=O)NC)c(N)n(CC)c3n2)cc1. The maximum absolute atomic E-state index is 13.1. The zero-order valence-corrected chi connectivity index (χ0v) is 22.8. The number of nitrogens with zero attached hydrogens (tertiary/aromatic N) is 4. The summed E-state index contributed by atoms with van der Waals surface area (Å²) in [7, 11) is 3.42. The Balaban J connectivity index is 1.53. The van der Waals surface area contributed by atoms with Crippen molar-refractivity contribution in [3.05, 3.63) is 57.7 Å². The number of fused-ring (bicyclic) bond motifs is 1. The van der Waals surface area contributed by atoms with Crippen LogP contribution in [0.2, 0.25) is 0 Å². The summed E-state index contributed by atoms with van der Waals surface area (Å²) in [6, 6.07) is 11.8. The highest BCUT2D eigenvalue weighted by Crippen LogP contribution is 2.24. The number of aryl methyl sites for hydroxylation is 1. The quantitative estimate of drug-likeness (QED) is 0.450. The Bertz CT molecular complexity index is 1380. The Morgan fingerprint density at radius 1 is 1.11 bits per heavy atom. The van der Waals surface area contributed by atoms with Gasteiger partial charge in [0.25, 0.3) is 0 Å². The van der Waals surface area contributed by atoms with Crippen molar-refractivity contribution in [3.8, 4) is 11.3 Å². The lowest BCUT2D eigenvalue weighted by Gasteiger charge is -2.27. The fourth-order valence-electron chi connectivity index (χ4n) is 5.33. The van der Waals surface area contributed by atoms with Gasteiger partial charge in [0.05, 0.1) is 23.9 Å². The minimum atomic E-state index is -0.275. The number of likely N-dealkylation sites (N-methyl/N-ethyl adjacent to an activating group) is 3. The van der Waals surface area contributed by atoms with Crippen molar-refractivity contribution in [2.24, 2.45) is 0 Å². The van der Waals surface area contributed by atoms with Gasteiger partial charge in [-0.15, -0.1) is 0 Å². The highest BCUT2D eigenvalue weighted by atomic mass is 16.2. The Morgan fingerprint density at radius 3 is 2.50 bits per heavy atom. The van der Waals surface area contributed by atoms with E-state index >= 15 is 0 Å². The smallest absolute Gasteiger partial charge is 0.226 e. The van der Waals surface area contributed by atoms with E-state index < -0.39 is 0 Å². The maximum atomic E-state index is 13.1. The second-order valence-corrected chi connectivity index (χ2v) is 9.93. The van der Waals surface area contributed by atoms with Gasteiger partial charge in [-0.3, -0.25) is 19.3 Å². The van der Waals surface area contributed by atoms with Gasteiger partial charge in [0.15, 0.2) is 5.43 Å². The third kappa shape index (κ3) is 5.57. The number of anilines is 1. The number of rotatable bonds is 9. The minimum absolute atomic E-state index is 0.0776. The van der Waals surface area contributed by atoms with Gasteiger partial charge < -0.3 is 20.5 Å². The number of nitrogens with two attached hydrogens (primary N) is 1. The summed E-state index contributed by atoms with van der Waals surface area (Å²) >= 11 is 0. The van der Waals surface area contributed by atoms with Crippen LogP contribution in [0.25, 0.3) is 22.3 Å². The number of pyridine rings is 2. The van der Waals surface area contributed by atoms with Crippen LogP contribution >= 0.6 is 0 Å². The van der Waals surface area contributed by atoms with E-state index in [0.717, 1.165) is 37.2 Å². The van der Waals surface area contributed by atoms with Crippen molar-refractivity contribution in [1.82, 2.24) is 24.7 Å². The molecule has 0 aliphatic carbocycles. The zero-order chi connectivity index (χ0) is 27.4. The molecule has 2 amide bonds. The van der Waals surface area contributed by atoms with E-state index in [1.807, 2.05) is 43.1 Å². The van der Waals surface area contributed by atoms with Crippen molar-refractivity contribution >= 4 is 28.7 Å². The lowest BCUT2D eigenvalue weighted by Crippen LogP contribution is -2.41. The van der Waals surface area contributed by atoms with E-state index in [9.17, 15) is 14.4 Å². The highest BCUT2D eigenvalue weighted by molar-refractivity contribution is 5.85. The topological polar surface area (TPSA) is 114 Å². The molecule has 0 bridgehead atoms. The average molecular weight is 519 g/mol. The minimum Gasteiger partial charge on any atom is -0.385 e. The second-order valence-electron chi connectivity index (χ2n) is 9.93. The van der Waals surface area contributed by atoms with Gasteiger partial charge in [0, 0.05) is 44.4 Å². The molecule has 0 radical (unpaired) electrons. The van der Waals surface area contributed by atoms with Gasteiger partial charge in [-0.05, 0) is 50.6 Å². The number of nitrogen functional groups attached to an aromatic ring is 1. The molecule has 1 unspecified atom stereocenters. The molecule has 202 valence electrons. The molecule has 1 aliphatic rings. The van der Waals surface area contributed by atoms with Crippen LogP contribution in [0, 0.1) is 0 Å². The molecule has 9 heteroatoms.